The molecular formula is C17H10Cl2N2O3. The lowest BCUT2D eigenvalue weighted by Crippen LogP contribution is -2.54. The molecule has 0 unspecified atom stereocenters. The molecule has 5 nitrogen and oxygen atoms in total. The Morgan fingerprint density at radius 2 is 1.54 bits per heavy atom. The molecule has 0 spiro atoms. The van der Waals surface area contributed by atoms with Crippen molar-refractivity contribution in [3.63, 3.8) is 0 Å². The van der Waals surface area contributed by atoms with Gasteiger partial charge < -0.3 is 0 Å². The molecule has 2 aromatic carbocycles. The molecule has 0 saturated carbocycles. The summed E-state index contributed by atoms with van der Waals surface area (Å²) in [5, 5.41) is 2.67. The van der Waals surface area contributed by atoms with E-state index in [1.807, 2.05) is 6.07 Å². The van der Waals surface area contributed by atoms with Crippen molar-refractivity contribution in [2.24, 2.45) is 0 Å². The predicted octanol–water partition coefficient (Wildman–Crippen LogP) is 3.66. The first-order valence-corrected chi connectivity index (χ1v) is 7.64. The topological polar surface area (TPSA) is 66.5 Å². The highest BCUT2D eigenvalue weighted by Gasteiger charge is 2.37. The Balaban J connectivity index is 2.05. The van der Waals surface area contributed by atoms with Crippen LogP contribution in [0.2, 0.25) is 10.0 Å². The molecule has 1 aliphatic rings. The fraction of sp³-hybridized carbons (Fsp3) is 0. The van der Waals surface area contributed by atoms with E-state index in [9.17, 15) is 14.4 Å². The number of rotatable bonds is 2. The van der Waals surface area contributed by atoms with Crippen LogP contribution in [0.5, 0.6) is 0 Å². The van der Waals surface area contributed by atoms with Crippen LogP contribution in [0, 0.1) is 0 Å². The molecule has 1 fully saturated rings. The maximum Gasteiger partial charge on any atom is 0.335 e. The van der Waals surface area contributed by atoms with Gasteiger partial charge >= 0.3 is 6.03 Å². The number of hydrogen-bond donors (Lipinski definition) is 1. The molecule has 1 heterocycles. The zero-order valence-corrected chi connectivity index (χ0v) is 13.6. The van der Waals surface area contributed by atoms with Crippen molar-refractivity contribution in [2.45, 2.75) is 0 Å². The molecule has 3 rings (SSSR count). The normalized spacial score (nSPS) is 16.5. The van der Waals surface area contributed by atoms with E-state index in [0.29, 0.717) is 5.56 Å². The first kappa shape index (κ1) is 16.2. The SMILES string of the molecule is O=C1NC(=O)N(c2cc(Cl)cc(Cl)c2)C(=O)/C1=C\c1ccccc1. The lowest BCUT2D eigenvalue weighted by molar-refractivity contribution is -0.122. The van der Waals surface area contributed by atoms with Crippen molar-refractivity contribution in [3.05, 3.63) is 69.7 Å². The van der Waals surface area contributed by atoms with Crippen LogP contribution in [0.1, 0.15) is 5.56 Å². The maximum absolute atomic E-state index is 12.7. The summed E-state index contributed by atoms with van der Waals surface area (Å²) >= 11 is 11.8. The van der Waals surface area contributed by atoms with Crippen LogP contribution in [0.3, 0.4) is 0 Å². The molecule has 7 heteroatoms. The smallest absolute Gasteiger partial charge is 0.273 e. The van der Waals surface area contributed by atoms with Crippen LogP contribution in [-0.2, 0) is 9.59 Å². The number of nitrogens with one attached hydrogen (secondary N) is 1. The van der Waals surface area contributed by atoms with E-state index in [1.165, 1.54) is 24.3 Å². The summed E-state index contributed by atoms with van der Waals surface area (Å²) in [6.45, 7) is 0. The Labute approximate surface area is 147 Å². The standard InChI is InChI=1S/C17H10Cl2N2O3/c18-11-7-12(19)9-13(8-11)21-16(23)14(15(22)20-17(21)24)6-10-4-2-1-3-5-10/h1-9H,(H,20,22,24)/b14-6-. The van der Waals surface area contributed by atoms with Crippen LogP contribution in [0.15, 0.2) is 54.1 Å². The number of amides is 4. The first-order valence-electron chi connectivity index (χ1n) is 6.88. The number of urea groups is 1. The summed E-state index contributed by atoms with van der Waals surface area (Å²) in [7, 11) is 0. The molecule has 1 N–H and O–H groups in total. The van der Waals surface area contributed by atoms with Crippen LogP contribution < -0.4 is 10.2 Å². The van der Waals surface area contributed by atoms with E-state index >= 15 is 0 Å². The summed E-state index contributed by atoms with van der Waals surface area (Å²) in [6.07, 6.45) is 1.42. The van der Waals surface area contributed by atoms with E-state index in [2.05, 4.69) is 5.32 Å². The third kappa shape index (κ3) is 3.18. The summed E-state index contributed by atoms with van der Waals surface area (Å²) < 4.78 is 0. The Hall–Kier alpha value is -2.63. The minimum atomic E-state index is -0.853. The molecule has 2 aromatic rings. The number of carbonyl (C=O) groups excluding carboxylic acids is 3. The lowest BCUT2D eigenvalue weighted by atomic mass is 10.1. The summed E-state index contributed by atoms with van der Waals surface area (Å²) in [4.78, 5) is 37.6. The summed E-state index contributed by atoms with van der Waals surface area (Å²) in [5.41, 5.74) is 0.688. The van der Waals surface area contributed by atoms with E-state index in [-0.39, 0.29) is 21.3 Å². The molecule has 0 bridgehead atoms. The van der Waals surface area contributed by atoms with Gasteiger partial charge in [0, 0.05) is 10.0 Å². The van der Waals surface area contributed by atoms with Crippen LogP contribution >= 0.6 is 23.2 Å². The molecular weight excluding hydrogens is 351 g/mol. The van der Waals surface area contributed by atoms with Gasteiger partial charge in [0.15, 0.2) is 0 Å². The Morgan fingerprint density at radius 1 is 0.917 bits per heavy atom. The highest BCUT2D eigenvalue weighted by molar-refractivity contribution is 6.40. The Bertz CT molecular complexity index is 858. The molecule has 0 atom stereocenters. The van der Waals surface area contributed by atoms with E-state index in [1.54, 1.807) is 24.3 Å². The number of nitrogens with zero attached hydrogens (tertiary/aromatic N) is 1. The molecule has 0 aliphatic carbocycles. The van der Waals surface area contributed by atoms with Crippen LogP contribution in [0.4, 0.5) is 10.5 Å². The summed E-state index contributed by atoms with van der Waals surface area (Å²) in [5.74, 6) is -1.50. The van der Waals surface area contributed by atoms with Crippen LogP contribution in [0.25, 0.3) is 6.08 Å². The van der Waals surface area contributed by atoms with Gasteiger partial charge in [-0.2, -0.15) is 0 Å². The summed E-state index contributed by atoms with van der Waals surface area (Å²) in [6, 6.07) is 12.3. The minimum absolute atomic E-state index is 0.156. The van der Waals surface area contributed by atoms with Gasteiger partial charge in [-0.25, -0.2) is 9.69 Å². The Kier molecular flexibility index (Phi) is 4.38. The average Bonchev–Trinajstić information content (AvgIpc) is 2.51. The second-order valence-electron chi connectivity index (χ2n) is 5.00. The van der Waals surface area contributed by atoms with Crippen molar-refractivity contribution in [1.82, 2.24) is 5.32 Å². The second kappa shape index (κ2) is 6.47. The zero-order chi connectivity index (χ0) is 17.3. The number of barbiturate groups is 1. The largest absolute Gasteiger partial charge is 0.335 e. The third-order valence-electron chi connectivity index (χ3n) is 3.32. The highest BCUT2D eigenvalue weighted by atomic mass is 35.5. The zero-order valence-electron chi connectivity index (χ0n) is 12.1. The van der Waals surface area contributed by atoms with Gasteiger partial charge in [0.1, 0.15) is 5.57 Å². The quantitative estimate of drug-likeness (QED) is 0.656. The van der Waals surface area contributed by atoms with Gasteiger partial charge in [-0.3, -0.25) is 14.9 Å². The van der Waals surface area contributed by atoms with Gasteiger partial charge in [-0.05, 0) is 29.8 Å². The van der Waals surface area contributed by atoms with Crippen molar-refractivity contribution in [1.29, 1.82) is 0 Å². The van der Waals surface area contributed by atoms with Crippen molar-refractivity contribution in [2.75, 3.05) is 4.90 Å². The van der Waals surface area contributed by atoms with E-state index in [4.69, 9.17) is 23.2 Å². The number of anilines is 1. The molecule has 0 aromatic heterocycles. The molecule has 1 aliphatic heterocycles. The highest BCUT2D eigenvalue weighted by Crippen LogP contribution is 2.28. The number of hydrogen-bond acceptors (Lipinski definition) is 3. The first-order chi connectivity index (χ1) is 11.5. The van der Waals surface area contributed by atoms with Gasteiger partial charge in [0.05, 0.1) is 5.69 Å². The van der Waals surface area contributed by atoms with Crippen LogP contribution in [-0.4, -0.2) is 17.8 Å². The number of imide groups is 2. The lowest BCUT2D eigenvalue weighted by Gasteiger charge is -2.26. The Morgan fingerprint density at radius 3 is 2.17 bits per heavy atom. The van der Waals surface area contributed by atoms with Gasteiger partial charge in [-0.1, -0.05) is 53.5 Å². The number of carbonyl (C=O) groups is 3. The second-order valence-corrected chi connectivity index (χ2v) is 5.87. The van der Waals surface area contributed by atoms with Gasteiger partial charge in [0.25, 0.3) is 11.8 Å². The monoisotopic (exact) mass is 360 g/mol. The molecule has 4 amide bonds. The third-order valence-corrected chi connectivity index (χ3v) is 3.75. The average molecular weight is 361 g/mol. The number of halogens is 2. The fourth-order valence-electron chi connectivity index (χ4n) is 2.28. The minimum Gasteiger partial charge on any atom is -0.273 e. The number of benzene rings is 2. The van der Waals surface area contributed by atoms with Crippen molar-refractivity contribution >= 4 is 52.8 Å². The fourth-order valence-corrected chi connectivity index (χ4v) is 2.79. The van der Waals surface area contributed by atoms with Gasteiger partial charge in [-0.15, -0.1) is 0 Å². The molecule has 120 valence electrons. The molecule has 24 heavy (non-hydrogen) atoms. The molecule has 0 radical (unpaired) electrons. The van der Waals surface area contributed by atoms with Crippen molar-refractivity contribution in [3.8, 4) is 0 Å². The van der Waals surface area contributed by atoms with E-state index in [0.717, 1.165) is 4.90 Å². The van der Waals surface area contributed by atoms with Gasteiger partial charge in [0.2, 0.25) is 0 Å². The molecule has 1 saturated heterocycles. The predicted molar refractivity (Wildman–Crippen MR) is 91.9 cm³/mol. The van der Waals surface area contributed by atoms with Crippen molar-refractivity contribution < 1.29 is 14.4 Å². The maximum atomic E-state index is 12.7. The van der Waals surface area contributed by atoms with E-state index < -0.39 is 17.8 Å².